The number of halogens is 6. The van der Waals surface area contributed by atoms with Crippen LogP contribution >= 0.6 is 0 Å². The predicted molar refractivity (Wildman–Crippen MR) is 108 cm³/mol. The maximum Gasteiger partial charge on any atom is 0.454 e. The van der Waals surface area contributed by atoms with E-state index in [0.717, 1.165) is 16.7 Å². The average Bonchev–Trinajstić information content (AvgIpc) is 3.16. The second-order valence-electron chi connectivity index (χ2n) is 7.34. The van der Waals surface area contributed by atoms with E-state index in [9.17, 15) is 26.3 Å². The summed E-state index contributed by atoms with van der Waals surface area (Å²) in [4.78, 5) is 8.30. The van der Waals surface area contributed by atoms with Crippen molar-refractivity contribution in [3.8, 4) is 0 Å². The van der Waals surface area contributed by atoms with Gasteiger partial charge in [0.1, 0.15) is 0 Å². The Morgan fingerprint density at radius 2 is 1.48 bits per heavy atom. The van der Waals surface area contributed by atoms with Gasteiger partial charge in [-0.05, 0) is 30.3 Å². The Morgan fingerprint density at radius 3 is 2.18 bits per heavy atom. The molecule has 1 atom stereocenters. The van der Waals surface area contributed by atoms with Crippen molar-refractivity contribution in [2.75, 3.05) is 0 Å². The summed E-state index contributed by atoms with van der Waals surface area (Å²) in [6, 6.07) is 16.8. The van der Waals surface area contributed by atoms with Crippen molar-refractivity contribution >= 4 is 22.9 Å². The second-order valence-corrected chi connectivity index (χ2v) is 7.34. The number of fused-ring (bicyclic) bond motifs is 3. The molecule has 4 nitrogen and oxygen atoms in total. The van der Waals surface area contributed by atoms with Gasteiger partial charge in [-0.1, -0.05) is 48.5 Å². The summed E-state index contributed by atoms with van der Waals surface area (Å²) in [5.41, 5.74) is -4.34. The lowest BCUT2D eigenvalue weighted by molar-refractivity contribution is -0.271. The fraction of sp³-hybridized carbons (Fsp3) is 0.130. The maximum atomic E-state index is 14.9. The molecule has 10 heteroatoms. The predicted octanol–water partition coefficient (Wildman–Crippen LogP) is 6.43. The first-order chi connectivity index (χ1) is 15.6. The summed E-state index contributed by atoms with van der Waals surface area (Å²) in [5, 5.41) is 0. The van der Waals surface area contributed by atoms with E-state index in [-0.39, 0.29) is 28.1 Å². The lowest BCUT2D eigenvalue weighted by Gasteiger charge is -2.40. The van der Waals surface area contributed by atoms with Gasteiger partial charge in [-0.15, -0.1) is 0 Å². The zero-order valence-electron chi connectivity index (χ0n) is 16.5. The maximum absolute atomic E-state index is 14.9. The first-order valence-electron chi connectivity index (χ1n) is 9.67. The first kappa shape index (κ1) is 21.0. The van der Waals surface area contributed by atoms with Gasteiger partial charge in [0.05, 0.1) is 16.6 Å². The molecule has 168 valence electrons. The molecule has 33 heavy (non-hydrogen) atoms. The number of aromatic nitrogens is 2. The van der Waals surface area contributed by atoms with Crippen LogP contribution in [0.4, 0.5) is 32.3 Å². The van der Waals surface area contributed by atoms with E-state index in [4.69, 9.17) is 4.74 Å². The van der Waals surface area contributed by atoms with Crippen LogP contribution in [0.1, 0.15) is 16.7 Å². The molecule has 0 spiro atoms. The molecule has 0 radical (unpaired) electrons. The number of benzene rings is 3. The van der Waals surface area contributed by atoms with E-state index in [2.05, 4.69) is 9.98 Å². The highest BCUT2D eigenvalue weighted by Crippen LogP contribution is 2.50. The van der Waals surface area contributed by atoms with Crippen LogP contribution in [0.15, 0.2) is 83.9 Å². The normalized spacial score (nSPS) is 18.5. The van der Waals surface area contributed by atoms with Crippen molar-refractivity contribution in [1.82, 2.24) is 9.55 Å². The standard InChI is InChI=1S/C23H13F6N3O/c24-22(25,26)16-10-6-7-14(13-16)19-31-20-30-17-11-4-5-12-18(17)32(20)21(33-19,23(27,28)29)15-8-2-1-3-9-15/h1-13H/t21-/m1/s1. The number of imidazole rings is 1. The zero-order valence-corrected chi connectivity index (χ0v) is 16.5. The third-order valence-electron chi connectivity index (χ3n) is 5.29. The van der Waals surface area contributed by atoms with Crippen LogP contribution in [0.2, 0.25) is 0 Å². The Hall–Kier alpha value is -3.82. The minimum atomic E-state index is -5.03. The lowest BCUT2D eigenvalue weighted by atomic mass is 10.00. The van der Waals surface area contributed by atoms with E-state index in [0.29, 0.717) is 6.07 Å². The summed E-state index contributed by atoms with van der Waals surface area (Å²) in [6.45, 7) is 0. The SMILES string of the molecule is FC(F)(F)c1cccc(C2=Nc3nc4ccccc4n3[C@@](c3ccccc3)(C(F)(F)F)O2)c1. The summed E-state index contributed by atoms with van der Waals surface area (Å²) < 4.78 is 90.9. The summed E-state index contributed by atoms with van der Waals surface area (Å²) in [5.74, 6) is -0.957. The molecule has 0 saturated heterocycles. The van der Waals surface area contributed by atoms with Crippen LogP contribution in [-0.4, -0.2) is 21.6 Å². The molecular weight excluding hydrogens is 448 g/mol. The average molecular weight is 461 g/mol. The van der Waals surface area contributed by atoms with E-state index in [1.807, 2.05) is 0 Å². The Morgan fingerprint density at radius 1 is 0.788 bits per heavy atom. The van der Waals surface area contributed by atoms with Crippen molar-refractivity contribution in [3.05, 3.63) is 95.6 Å². The number of nitrogens with zero attached hydrogens (tertiary/aromatic N) is 3. The van der Waals surface area contributed by atoms with Crippen LogP contribution in [0.3, 0.4) is 0 Å². The van der Waals surface area contributed by atoms with Gasteiger partial charge in [0, 0.05) is 11.1 Å². The van der Waals surface area contributed by atoms with Crippen molar-refractivity contribution in [1.29, 1.82) is 0 Å². The van der Waals surface area contributed by atoms with Crippen LogP contribution in [0.5, 0.6) is 0 Å². The number of hydrogen-bond donors (Lipinski definition) is 0. The molecular formula is C23H13F6N3O. The topological polar surface area (TPSA) is 39.4 Å². The fourth-order valence-corrected chi connectivity index (χ4v) is 3.85. The minimum absolute atomic E-state index is 0.112. The number of hydrogen-bond acceptors (Lipinski definition) is 3. The molecule has 0 unspecified atom stereocenters. The molecule has 0 fully saturated rings. The first-order valence-corrected chi connectivity index (χ1v) is 9.67. The highest BCUT2D eigenvalue weighted by molar-refractivity contribution is 5.97. The molecule has 0 bridgehead atoms. The lowest BCUT2D eigenvalue weighted by Crippen LogP contribution is -2.53. The number of para-hydroxylation sites is 2. The fourth-order valence-electron chi connectivity index (χ4n) is 3.85. The van der Waals surface area contributed by atoms with Gasteiger partial charge in [-0.25, -0.2) is 4.98 Å². The number of rotatable bonds is 2. The van der Waals surface area contributed by atoms with Gasteiger partial charge in [-0.2, -0.15) is 31.3 Å². The number of ether oxygens (including phenoxy) is 1. The molecule has 4 aromatic rings. The molecule has 0 aliphatic carbocycles. The molecule has 1 aromatic heterocycles. The van der Waals surface area contributed by atoms with Crippen molar-refractivity contribution in [3.63, 3.8) is 0 Å². The highest BCUT2D eigenvalue weighted by atomic mass is 19.4. The van der Waals surface area contributed by atoms with Gasteiger partial charge in [0.2, 0.25) is 11.8 Å². The molecule has 5 rings (SSSR count). The molecule has 0 saturated carbocycles. The van der Waals surface area contributed by atoms with Crippen LogP contribution in [0, 0.1) is 0 Å². The van der Waals surface area contributed by atoms with E-state index >= 15 is 0 Å². The van der Waals surface area contributed by atoms with Gasteiger partial charge in [0.25, 0.3) is 0 Å². The molecule has 2 heterocycles. The molecule has 0 N–H and O–H groups in total. The molecule has 1 aliphatic rings. The van der Waals surface area contributed by atoms with Gasteiger partial charge < -0.3 is 4.74 Å². The van der Waals surface area contributed by atoms with Crippen molar-refractivity contribution < 1.29 is 31.1 Å². The van der Waals surface area contributed by atoms with Gasteiger partial charge in [-0.3, -0.25) is 4.57 Å². The van der Waals surface area contributed by atoms with Crippen LogP contribution in [-0.2, 0) is 16.6 Å². The number of aliphatic imine (C=N–C) groups is 1. The third kappa shape index (κ3) is 3.24. The molecule has 0 amide bonds. The molecule has 3 aromatic carbocycles. The summed E-state index contributed by atoms with van der Waals surface area (Å²) >= 11 is 0. The smallest absolute Gasteiger partial charge is 0.436 e. The highest BCUT2D eigenvalue weighted by Gasteiger charge is 2.64. The van der Waals surface area contributed by atoms with Crippen molar-refractivity contribution in [2.45, 2.75) is 18.1 Å². The number of alkyl halides is 6. The van der Waals surface area contributed by atoms with Gasteiger partial charge in [0.15, 0.2) is 0 Å². The van der Waals surface area contributed by atoms with E-state index < -0.39 is 29.5 Å². The Kier molecular flexibility index (Phi) is 4.52. The third-order valence-corrected chi connectivity index (χ3v) is 5.29. The minimum Gasteiger partial charge on any atom is -0.436 e. The van der Waals surface area contributed by atoms with Crippen LogP contribution < -0.4 is 0 Å². The Balaban J connectivity index is 1.84. The monoisotopic (exact) mass is 461 g/mol. The summed E-state index contributed by atoms with van der Waals surface area (Å²) in [6.07, 6.45) is -9.73. The van der Waals surface area contributed by atoms with E-state index in [1.54, 1.807) is 18.2 Å². The summed E-state index contributed by atoms with van der Waals surface area (Å²) in [7, 11) is 0. The second kappa shape index (κ2) is 7.09. The van der Waals surface area contributed by atoms with Gasteiger partial charge >= 0.3 is 18.1 Å². The zero-order chi connectivity index (χ0) is 23.4. The van der Waals surface area contributed by atoms with E-state index in [1.165, 1.54) is 42.5 Å². The van der Waals surface area contributed by atoms with Crippen molar-refractivity contribution in [2.24, 2.45) is 4.99 Å². The largest absolute Gasteiger partial charge is 0.454 e. The molecule has 1 aliphatic heterocycles. The Bertz CT molecular complexity index is 1370. The Labute approximate surface area is 182 Å². The quantitative estimate of drug-likeness (QED) is 0.323. The van der Waals surface area contributed by atoms with Crippen LogP contribution in [0.25, 0.3) is 11.0 Å².